The SMILES string of the molecule is O=C(COC(=O)c1ccccc1C(=O)c1cccs1)NC(=O)Nc1ccc2c(c1)OCCO2. The standard InChI is InChI=1S/C23H18N2O7S/c26-20(25-23(29)24-14-7-8-17-18(12-14)31-10-9-30-17)13-32-22(28)16-5-2-1-4-15(16)21(27)19-6-3-11-33-19/h1-8,11-12H,9-10,13H2,(H2,24,25,26,29). The van der Waals surface area contributed by atoms with E-state index in [0.29, 0.717) is 35.3 Å². The summed E-state index contributed by atoms with van der Waals surface area (Å²) in [5.41, 5.74) is 0.591. The minimum absolute atomic E-state index is 0.0319. The summed E-state index contributed by atoms with van der Waals surface area (Å²) >= 11 is 1.25. The zero-order valence-corrected chi connectivity index (χ0v) is 18.0. The number of carbonyl (C=O) groups is 4. The number of anilines is 1. The van der Waals surface area contributed by atoms with Crippen molar-refractivity contribution in [3.8, 4) is 11.5 Å². The van der Waals surface area contributed by atoms with Crippen molar-refractivity contribution >= 4 is 40.7 Å². The maximum atomic E-state index is 12.6. The summed E-state index contributed by atoms with van der Waals surface area (Å²) in [7, 11) is 0. The van der Waals surface area contributed by atoms with Crippen LogP contribution in [0.25, 0.3) is 0 Å². The van der Waals surface area contributed by atoms with Crippen molar-refractivity contribution in [2.45, 2.75) is 0 Å². The molecule has 9 nitrogen and oxygen atoms in total. The maximum absolute atomic E-state index is 12.6. The van der Waals surface area contributed by atoms with E-state index in [1.54, 1.807) is 47.8 Å². The number of carbonyl (C=O) groups excluding carboxylic acids is 4. The summed E-state index contributed by atoms with van der Waals surface area (Å²) < 4.78 is 15.9. The molecule has 0 saturated heterocycles. The van der Waals surface area contributed by atoms with Gasteiger partial charge in [-0.05, 0) is 29.6 Å². The molecule has 0 fully saturated rings. The van der Waals surface area contributed by atoms with E-state index < -0.39 is 24.5 Å². The first kappa shape index (κ1) is 22.0. The summed E-state index contributed by atoms with van der Waals surface area (Å²) in [6.07, 6.45) is 0. The molecule has 2 heterocycles. The Labute approximate surface area is 192 Å². The first-order valence-corrected chi connectivity index (χ1v) is 10.7. The molecular formula is C23H18N2O7S. The van der Waals surface area contributed by atoms with E-state index >= 15 is 0 Å². The second-order valence-electron chi connectivity index (χ2n) is 6.79. The highest BCUT2D eigenvalue weighted by molar-refractivity contribution is 7.12. The molecule has 3 amide bonds. The summed E-state index contributed by atoms with van der Waals surface area (Å²) in [6.45, 7) is 0.142. The van der Waals surface area contributed by atoms with Crippen LogP contribution >= 0.6 is 11.3 Å². The lowest BCUT2D eigenvalue weighted by molar-refractivity contribution is -0.123. The number of benzene rings is 2. The smallest absolute Gasteiger partial charge is 0.339 e. The molecule has 2 aromatic carbocycles. The monoisotopic (exact) mass is 466 g/mol. The number of urea groups is 1. The van der Waals surface area contributed by atoms with E-state index in [-0.39, 0.29) is 16.9 Å². The molecule has 1 aromatic heterocycles. The van der Waals surface area contributed by atoms with E-state index in [9.17, 15) is 19.2 Å². The number of ketones is 1. The molecule has 0 saturated carbocycles. The van der Waals surface area contributed by atoms with Crippen LogP contribution < -0.4 is 20.1 Å². The van der Waals surface area contributed by atoms with Gasteiger partial charge in [0, 0.05) is 17.3 Å². The summed E-state index contributed by atoms with van der Waals surface area (Å²) in [4.78, 5) is 49.7. The Bertz CT molecular complexity index is 1210. The van der Waals surface area contributed by atoms with Gasteiger partial charge in [0.05, 0.1) is 10.4 Å². The van der Waals surface area contributed by atoms with E-state index in [1.165, 1.54) is 23.5 Å². The number of fused-ring (bicyclic) bond motifs is 1. The molecule has 0 bridgehead atoms. The number of imide groups is 1. The maximum Gasteiger partial charge on any atom is 0.339 e. The van der Waals surface area contributed by atoms with Crippen LogP contribution in [-0.4, -0.2) is 43.5 Å². The number of ether oxygens (including phenoxy) is 3. The number of amides is 3. The van der Waals surface area contributed by atoms with Gasteiger partial charge in [0.15, 0.2) is 18.1 Å². The fraction of sp³-hybridized carbons (Fsp3) is 0.130. The zero-order chi connectivity index (χ0) is 23.2. The fourth-order valence-corrected chi connectivity index (χ4v) is 3.73. The van der Waals surface area contributed by atoms with Crippen LogP contribution in [0.3, 0.4) is 0 Å². The van der Waals surface area contributed by atoms with Crippen molar-refractivity contribution in [1.29, 1.82) is 0 Å². The van der Waals surface area contributed by atoms with Crippen LogP contribution in [0.4, 0.5) is 10.5 Å². The summed E-state index contributed by atoms with van der Waals surface area (Å²) in [5, 5.41) is 6.32. The lowest BCUT2D eigenvalue weighted by Gasteiger charge is -2.19. The highest BCUT2D eigenvalue weighted by Crippen LogP contribution is 2.32. The van der Waals surface area contributed by atoms with Gasteiger partial charge in [-0.15, -0.1) is 11.3 Å². The highest BCUT2D eigenvalue weighted by atomic mass is 32.1. The number of hydrogen-bond donors (Lipinski definition) is 2. The zero-order valence-electron chi connectivity index (χ0n) is 17.2. The van der Waals surface area contributed by atoms with E-state index in [2.05, 4.69) is 10.6 Å². The van der Waals surface area contributed by atoms with Crippen molar-refractivity contribution < 1.29 is 33.4 Å². The molecule has 3 aromatic rings. The lowest BCUT2D eigenvalue weighted by atomic mass is 10.0. The third kappa shape index (κ3) is 5.36. The predicted octanol–water partition coefficient (Wildman–Crippen LogP) is 3.26. The van der Waals surface area contributed by atoms with Crippen molar-refractivity contribution in [2.75, 3.05) is 25.1 Å². The third-order valence-corrected chi connectivity index (χ3v) is 5.39. The molecule has 4 rings (SSSR count). The average Bonchev–Trinajstić information content (AvgIpc) is 3.37. The number of thiophene rings is 1. The normalized spacial score (nSPS) is 11.9. The Hall–Kier alpha value is -4.18. The van der Waals surface area contributed by atoms with Crippen molar-refractivity contribution in [2.24, 2.45) is 0 Å². The Morgan fingerprint density at radius 1 is 0.909 bits per heavy atom. The number of rotatable bonds is 6. The van der Waals surface area contributed by atoms with Gasteiger partial charge in [0.2, 0.25) is 5.78 Å². The molecule has 1 aliphatic rings. The van der Waals surface area contributed by atoms with Gasteiger partial charge in [0.25, 0.3) is 5.91 Å². The quantitative estimate of drug-likeness (QED) is 0.423. The minimum atomic E-state index is -0.849. The largest absolute Gasteiger partial charge is 0.486 e. The Morgan fingerprint density at radius 2 is 1.67 bits per heavy atom. The second-order valence-corrected chi connectivity index (χ2v) is 7.74. The number of esters is 1. The number of hydrogen-bond acceptors (Lipinski definition) is 8. The third-order valence-electron chi connectivity index (χ3n) is 4.52. The average molecular weight is 466 g/mol. The van der Waals surface area contributed by atoms with Gasteiger partial charge in [-0.1, -0.05) is 24.3 Å². The molecule has 168 valence electrons. The van der Waals surface area contributed by atoms with Crippen LogP contribution in [0.1, 0.15) is 25.6 Å². The van der Waals surface area contributed by atoms with Crippen LogP contribution in [0.5, 0.6) is 11.5 Å². The van der Waals surface area contributed by atoms with Crippen LogP contribution in [-0.2, 0) is 9.53 Å². The molecule has 33 heavy (non-hydrogen) atoms. The Balaban J connectivity index is 1.31. The van der Waals surface area contributed by atoms with E-state index in [0.717, 1.165) is 0 Å². The lowest BCUT2D eigenvalue weighted by Crippen LogP contribution is -2.37. The van der Waals surface area contributed by atoms with E-state index in [4.69, 9.17) is 14.2 Å². The minimum Gasteiger partial charge on any atom is -0.486 e. The molecule has 0 radical (unpaired) electrons. The topological polar surface area (TPSA) is 120 Å². The van der Waals surface area contributed by atoms with Gasteiger partial charge in [-0.2, -0.15) is 0 Å². The Morgan fingerprint density at radius 3 is 2.42 bits per heavy atom. The molecule has 0 atom stereocenters. The van der Waals surface area contributed by atoms with Crippen molar-refractivity contribution in [3.05, 3.63) is 76.0 Å². The van der Waals surface area contributed by atoms with Crippen LogP contribution in [0.15, 0.2) is 60.0 Å². The molecule has 0 unspecified atom stereocenters. The first-order valence-electron chi connectivity index (χ1n) is 9.86. The van der Waals surface area contributed by atoms with Gasteiger partial charge < -0.3 is 19.5 Å². The van der Waals surface area contributed by atoms with Crippen LogP contribution in [0, 0.1) is 0 Å². The first-order chi connectivity index (χ1) is 16.0. The predicted molar refractivity (Wildman–Crippen MR) is 119 cm³/mol. The molecule has 1 aliphatic heterocycles. The molecule has 0 spiro atoms. The summed E-state index contributed by atoms with van der Waals surface area (Å²) in [5.74, 6) is -0.956. The fourth-order valence-electron chi connectivity index (χ4n) is 3.05. The van der Waals surface area contributed by atoms with Gasteiger partial charge in [-0.3, -0.25) is 14.9 Å². The van der Waals surface area contributed by atoms with Crippen molar-refractivity contribution in [3.63, 3.8) is 0 Å². The molecule has 10 heteroatoms. The van der Waals surface area contributed by atoms with Gasteiger partial charge >= 0.3 is 12.0 Å². The van der Waals surface area contributed by atoms with Crippen molar-refractivity contribution in [1.82, 2.24) is 5.32 Å². The molecular weight excluding hydrogens is 448 g/mol. The highest BCUT2D eigenvalue weighted by Gasteiger charge is 2.21. The van der Waals surface area contributed by atoms with E-state index in [1.807, 2.05) is 0 Å². The van der Waals surface area contributed by atoms with Gasteiger partial charge in [0.1, 0.15) is 13.2 Å². The van der Waals surface area contributed by atoms with Gasteiger partial charge in [-0.25, -0.2) is 9.59 Å². The second kappa shape index (κ2) is 9.96. The Kier molecular flexibility index (Phi) is 6.65. The molecule has 0 aliphatic carbocycles. The molecule has 2 N–H and O–H groups in total. The number of nitrogens with one attached hydrogen (secondary N) is 2. The summed E-state index contributed by atoms with van der Waals surface area (Å²) in [6, 6.07) is 13.6. The van der Waals surface area contributed by atoms with Crippen LogP contribution in [0.2, 0.25) is 0 Å².